The average Bonchev–Trinajstić information content (AvgIpc) is 2.57. The second-order valence-corrected chi connectivity index (χ2v) is 5.24. The summed E-state index contributed by atoms with van der Waals surface area (Å²) in [4.78, 5) is 34.4. The number of carbonyl (C=O) groups excluding carboxylic acids is 2. The van der Waals surface area contributed by atoms with Gasteiger partial charge in [-0.15, -0.1) is 0 Å². The van der Waals surface area contributed by atoms with Crippen LogP contribution in [-0.4, -0.2) is 28.9 Å². The molecule has 2 rings (SSSR count). The molecule has 8 heteroatoms. The number of amides is 2. The third-order valence-corrected chi connectivity index (χ3v) is 3.49. The van der Waals surface area contributed by atoms with Gasteiger partial charge in [0.05, 0.1) is 11.1 Å². The lowest BCUT2D eigenvalue weighted by molar-refractivity contribution is -0.119. The van der Waals surface area contributed by atoms with Gasteiger partial charge in [0.1, 0.15) is 6.04 Å². The van der Waals surface area contributed by atoms with Crippen molar-refractivity contribution >= 4 is 17.8 Å². The number of aromatic carboxylic acids is 1. The van der Waals surface area contributed by atoms with Gasteiger partial charge in [0.15, 0.2) is 11.6 Å². The number of hydrogen-bond donors (Lipinski definition) is 3. The summed E-state index contributed by atoms with van der Waals surface area (Å²) in [5.41, 5.74) is 5.29. The van der Waals surface area contributed by atoms with E-state index in [1.807, 2.05) is 0 Å². The van der Waals surface area contributed by atoms with Crippen LogP contribution < -0.4 is 11.1 Å². The van der Waals surface area contributed by atoms with E-state index in [9.17, 15) is 23.2 Å². The first-order valence-corrected chi connectivity index (χ1v) is 7.16. The van der Waals surface area contributed by atoms with Crippen molar-refractivity contribution in [1.29, 1.82) is 0 Å². The summed E-state index contributed by atoms with van der Waals surface area (Å²) >= 11 is 0. The molecule has 0 fully saturated rings. The largest absolute Gasteiger partial charge is 0.478 e. The molecule has 0 saturated heterocycles. The SMILES string of the molecule is NC(=O)[C@H](Cc1ccc(C(=O)O)cc1)NC(=O)c1cccc(F)c1F. The maximum absolute atomic E-state index is 13.6. The molecule has 0 saturated carbocycles. The van der Waals surface area contributed by atoms with E-state index in [-0.39, 0.29) is 12.0 Å². The standard InChI is InChI=1S/C17H14F2N2O4/c18-12-3-1-2-11(14(12)19)16(23)21-13(15(20)22)8-9-4-6-10(7-5-9)17(24)25/h1-7,13H,8H2,(H2,20,22)(H,21,23)(H,24,25)/t13-/m0/s1. The maximum atomic E-state index is 13.6. The zero-order valence-electron chi connectivity index (χ0n) is 12.8. The van der Waals surface area contributed by atoms with Crippen LogP contribution >= 0.6 is 0 Å². The van der Waals surface area contributed by atoms with Crippen molar-refractivity contribution in [3.63, 3.8) is 0 Å². The van der Waals surface area contributed by atoms with Crippen molar-refractivity contribution in [2.75, 3.05) is 0 Å². The van der Waals surface area contributed by atoms with Gasteiger partial charge >= 0.3 is 5.97 Å². The third kappa shape index (κ3) is 4.37. The number of halogens is 2. The first-order chi connectivity index (χ1) is 11.8. The van der Waals surface area contributed by atoms with Crippen LogP contribution in [0, 0.1) is 11.6 Å². The van der Waals surface area contributed by atoms with Gasteiger partial charge in [0, 0.05) is 6.42 Å². The maximum Gasteiger partial charge on any atom is 0.335 e. The molecule has 0 radical (unpaired) electrons. The molecule has 0 heterocycles. The monoisotopic (exact) mass is 348 g/mol. The van der Waals surface area contributed by atoms with E-state index >= 15 is 0 Å². The highest BCUT2D eigenvalue weighted by molar-refractivity contribution is 5.97. The van der Waals surface area contributed by atoms with Gasteiger partial charge in [-0.1, -0.05) is 18.2 Å². The minimum Gasteiger partial charge on any atom is -0.478 e. The van der Waals surface area contributed by atoms with Crippen molar-refractivity contribution in [2.45, 2.75) is 12.5 Å². The summed E-state index contributed by atoms with van der Waals surface area (Å²) in [5, 5.41) is 11.1. The molecular weight excluding hydrogens is 334 g/mol. The topological polar surface area (TPSA) is 109 Å². The summed E-state index contributed by atoms with van der Waals surface area (Å²) in [7, 11) is 0. The number of hydrogen-bond acceptors (Lipinski definition) is 3. The fourth-order valence-electron chi connectivity index (χ4n) is 2.16. The molecule has 0 aromatic heterocycles. The van der Waals surface area contributed by atoms with Gasteiger partial charge in [-0.25, -0.2) is 13.6 Å². The molecule has 130 valence electrons. The van der Waals surface area contributed by atoms with Crippen molar-refractivity contribution in [3.05, 3.63) is 70.8 Å². The fraction of sp³-hybridized carbons (Fsp3) is 0.118. The van der Waals surface area contributed by atoms with Crippen LogP contribution in [0.5, 0.6) is 0 Å². The summed E-state index contributed by atoms with van der Waals surface area (Å²) in [5.74, 6) is -5.47. The van der Waals surface area contributed by atoms with E-state index in [0.29, 0.717) is 5.56 Å². The number of primary amides is 1. The number of carboxylic acid groups (broad SMARTS) is 1. The number of rotatable bonds is 6. The Hall–Kier alpha value is -3.29. The number of carboxylic acids is 1. The lowest BCUT2D eigenvalue weighted by Crippen LogP contribution is -2.46. The van der Waals surface area contributed by atoms with Gasteiger partial charge in [-0.2, -0.15) is 0 Å². The first kappa shape index (κ1) is 18.1. The van der Waals surface area contributed by atoms with Crippen molar-refractivity contribution in [2.24, 2.45) is 5.73 Å². The summed E-state index contributed by atoms with van der Waals surface area (Å²) < 4.78 is 26.8. The molecule has 0 aliphatic carbocycles. The van der Waals surface area contributed by atoms with Gasteiger partial charge in [0.2, 0.25) is 5.91 Å². The van der Waals surface area contributed by atoms with Gasteiger partial charge in [-0.3, -0.25) is 9.59 Å². The molecule has 2 aromatic rings. The second kappa shape index (κ2) is 7.52. The summed E-state index contributed by atoms with van der Waals surface area (Å²) in [6, 6.07) is 7.54. The summed E-state index contributed by atoms with van der Waals surface area (Å²) in [6.45, 7) is 0. The van der Waals surface area contributed by atoms with E-state index in [0.717, 1.165) is 18.2 Å². The smallest absolute Gasteiger partial charge is 0.335 e. The molecule has 25 heavy (non-hydrogen) atoms. The fourth-order valence-corrected chi connectivity index (χ4v) is 2.16. The Bertz CT molecular complexity index is 822. The minimum atomic E-state index is -1.32. The third-order valence-electron chi connectivity index (χ3n) is 3.49. The van der Waals surface area contributed by atoms with Gasteiger partial charge < -0.3 is 16.2 Å². The Morgan fingerprint density at radius 2 is 1.72 bits per heavy atom. The molecule has 1 atom stereocenters. The highest BCUT2D eigenvalue weighted by Crippen LogP contribution is 2.12. The summed E-state index contributed by atoms with van der Waals surface area (Å²) in [6.07, 6.45) is -0.0299. The van der Waals surface area contributed by atoms with Crippen LogP contribution in [0.4, 0.5) is 8.78 Å². The number of nitrogens with one attached hydrogen (secondary N) is 1. The predicted octanol–water partition coefficient (Wildman–Crippen LogP) is 1.49. The van der Waals surface area contributed by atoms with Crippen LogP contribution in [0.2, 0.25) is 0 Å². The minimum absolute atomic E-state index is 0.0299. The van der Waals surface area contributed by atoms with Gasteiger partial charge in [0.25, 0.3) is 5.91 Å². The molecule has 0 aliphatic rings. The van der Waals surface area contributed by atoms with Crippen LogP contribution in [0.3, 0.4) is 0 Å². The van der Waals surface area contributed by atoms with Crippen LogP contribution in [0.25, 0.3) is 0 Å². The Kier molecular flexibility index (Phi) is 5.43. The van der Waals surface area contributed by atoms with Crippen molar-refractivity contribution in [3.8, 4) is 0 Å². The highest BCUT2D eigenvalue weighted by Gasteiger charge is 2.22. The molecule has 6 nitrogen and oxygen atoms in total. The number of benzene rings is 2. The van der Waals surface area contributed by atoms with Crippen LogP contribution in [0.1, 0.15) is 26.3 Å². The number of carbonyl (C=O) groups is 3. The highest BCUT2D eigenvalue weighted by atomic mass is 19.2. The second-order valence-electron chi connectivity index (χ2n) is 5.24. The normalized spacial score (nSPS) is 11.6. The predicted molar refractivity (Wildman–Crippen MR) is 83.9 cm³/mol. The Morgan fingerprint density at radius 1 is 1.08 bits per heavy atom. The molecule has 4 N–H and O–H groups in total. The molecule has 2 aromatic carbocycles. The quantitative estimate of drug-likeness (QED) is 0.735. The van der Waals surface area contributed by atoms with Crippen LogP contribution in [-0.2, 0) is 11.2 Å². The zero-order valence-corrected chi connectivity index (χ0v) is 12.8. The Morgan fingerprint density at radius 3 is 2.28 bits per heavy atom. The Labute approximate surface area is 141 Å². The molecule has 2 amide bonds. The van der Waals surface area contributed by atoms with E-state index in [4.69, 9.17) is 10.8 Å². The van der Waals surface area contributed by atoms with E-state index in [1.165, 1.54) is 24.3 Å². The zero-order chi connectivity index (χ0) is 18.6. The number of nitrogens with two attached hydrogens (primary N) is 1. The molecule has 0 aliphatic heterocycles. The van der Waals surface area contributed by atoms with Crippen molar-refractivity contribution < 1.29 is 28.3 Å². The van der Waals surface area contributed by atoms with Gasteiger partial charge in [-0.05, 0) is 29.8 Å². The lowest BCUT2D eigenvalue weighted by Gasteiger charge is -2.16. The molecule has 0 spiro atoms. The van der Waals surface area contributed by atoms with E-state index in [1.54, 1.807) is 0 Å². The first-order valence-electron chi connectivity index (χ1n) is 7.16. The van der Waals surface area contributed by atoms with E-state index < -0.39 is 41.0 Å². The van der Waals surface area contributed by atoms with E-state index in [2.05, 4.69) is 5.32 Å². The lowest BCUT2D eigenvalue weighted by atomic mass is 10.0. The van der Waals surface area contributed by atoms with Crippen LogP contribution in [0.15, 0.2) is 42.5 Å². The molecule has 0 unspecified atom stereocenters. The molecular formula is C17H14F2N2O4. The average molecular weight is 348 g/mol. The Balaban J connectivity index is 2.15. The van der Waals surface area contributed by atoms with Crippen molar-refractivity contribution in [1.82, 2.24) is 5.32 Å². The molecule has 0 bridgehead atoms.